The van der Waals surface area contributed by atoms with Gasteiger partial charge >= 0.3 is 0 Å². The van der Waals surface area contributed by atoms with Crippen molar-refractivity contribution in [3.8, 4) is 5.69 Å². The number of imidazole rings is 1. The molecule has 0 aliphatic heterocycles. The summed E-state index contributed by atoms with van der Waals surface area (Å²) in [7, 11) is 0. The molecule has 0 spiro atoms. The number of fused-ring (bicyclic) bond motifs is 1. The van der Waals surface area contributed by atoms with Gasteiger partial charge in [0.05, 0.1) is 18.0 Å². The molecule has 3 aromatic rings. The Morgan fingerprint density at radius 3 is 2.43 bits per heavy atom. The van der Waals surface area contributed by atoms with Gasteiger partial charge < -0.3 is 0 Å². The van der Waals surface area contributed by atoms with E-state index in [4.69, 9.17) is 0 Å². The molecular formula is C15H13F2N3O. The number of rotatable bonds is 1. The molecule has 0 saturated heterocycles. The summed E-state index contributed by atoms with van der Waals surface area (Å²) in [5.74, 6) is -1.21. The Morgan fingerprint density at radius 1 is 1.05 bits per heavy atom. The highest BCUT2D eigenvalue weighted by Gasteiger charge is 2.16. The normalized spacial score (nSPS) is 11.3. The summed E-state index contributed by atoms with van der Waals surface area (Å²) in [6.07, 6.45) is 1.44. The fourth-order valence-corrected chi connectivity index (χ4v) is 2.34. The summed E-state index contributed by atoms with van der Waals surface area (Å²) in [4.78, 5) is 16.1. The fraction of sp³-hybridized carbons (Fsp3) is 0.200. The molecule has 108 valence electrons. The van der Waals surface area contributed by atoms with Gasteiger partial charge in [-0.05, 0) is 44.0 Å². The molecule has 6 heteroatoms. The van der Waals surface area contributed by atoms with Crippen molar-refractivity contribution in [1.29, 1.82) is 0 Å². The molecule has 3 rings (SSSR count). The topological polar surface area (TPSA) is 39.3 Å². The molecule has 2 heterocycles. The number of halogens is 2. The van der Waals surface area contributed by atoms with E-state index in [9.17, 15) is 13.6 Å². The van der Waals surface area contributed by atoms with Crippen LogP contribution in [0.1, 0.15) is 16.8 Å². The maximum atomic E-state index is 14.2. The summed E-state index contributed by atoms with van der Waals surface area (Å²) >= 11 is 0. The van der Waals surface area contributed by atoms with Crippen molar-refractivity contribution in [1.82, 2.24) is 14.0 Å². The second kappa shape index (κ2) is 4.51. The fourth-order valence-electron chi connectivity index (χ4n) is 2.34. The second-order valence-corrected chi connectivity index (χ2v) is 5.06. The molecule has 0 saturated carbocycles. The molecule has 1 aromatic carbocycles. The Morgan fingerprint density at radius 2 is 1.71 bits per heavy atom. The van der Waals surface area contributed by atoms with Crippen LogP contribution in [0.4, 0.5) is 8.78 Å². The van der Waals surface area contributed by atoms with Gasteiger partial charge in [-0.2, -0.15) is 4.39 Å². The third-order valence-corrected chi connectivity index (χ3v) is 3.60. The number of nitrogens with zero attached hydrogens (tertiary/aromatic N) is 3. The van der Waals surface area contributed by atoms with Crippen molar-refractivity contribution >= 4 is 5.78 Å². The number of aromatic nitrogens is 3. The van der Waals surface area contributed by atoms with Crippen LogP contribution in [0.2, 0.25) is 0 Å². The number of benzene rings is 1. The third-order valence-electron chi connectivity index (χ3n) is 3.60. The van der Waals surface area contributed by atoms with E-state index in [0.29, 0.717) is 5.69 Å². The largest absolute Gasteiger partial charge is 0.269 e. The zero-order chi connectivity index (χ0) is 15.3. The summed E-state index contributed by atoms with van der Waals surface area (Å²) in [5, 5.41) is 0. The molecular weight excluding hydrogens is 276 g/mol. The molecule has 21 heavy (non-hydrogen) atoms. The summed E-state index contributed by atoms with van der Waals surface area (Å²) < 4.78 is 30.4. The van der Waals surface area contributed by atoms with Crippen molar-refractivity contribution in [3.05, 3.63) is 63.3 Å². The summed E-state index contributed by atoms with van der Waals surface area (Å²) in [6, 6.07) is 3.75. The van der Waals surface area contributed by atoms with E-state index in [1.165, 1.54) is 16.7 Å². The van der Waals surface area contributed by atoms with Gasteiger partial charge in [0, 0.05) is 5.69 Å². The van der Waals surface area contributed by atoms with Gasteiger partial charge in [0.1, 0.15) is 5.82 Å². The van der Waals surface area contributed by atoms with E-state index >= 15 is 0 Å². The number of hydrogen-bond donors (Lipinski definition) is 0. The van der Waals surface area contributed by atoms with Crippen LogP contribution >= 0.6 is 0 Å². The molecule has 0 bridgehead atoms. The lowest BCUT2D eigenvalue weighted by atomic mass is 10.1. The minimum atomic E-state index is -0.717. The van der Waals surface area contributed by atoms with Crippen molar-refractivity contribution in [2.45, 2.75) is 20.8 Å². The van der Waals surface area contributed by atoms with Crippen LogP contribution < -0.4 is 5.56 Å². The van der Waals surface area contributed by atoms with E-state index < -0.39 is 17.3 Å². The molecule has 0 aliphatic carbocycles. The second-order valence-electron chi connectivity index (χ2n) is 5.06. The predicted molar refractivity (Wildman–Crippen MR) is 74.9 cm³/mol. The van der Waals surface area contributed by atoms with Crippen LogP contribution in [0.25, 0.3) is 11.5 Å². The highest BCUT2D eigenvalue weighted by molar-refractivity contribution is 5.48. The van der Waals surface area contributed by atoms with E-state index in [1.54, 1.807) is 19.9 Å². The van der Waals surface area contributed by atoms with Crippen LogP contribution in [0.15, 0.2) is 29.2 Å². The SMILES string of the molecule is Cc1cc(F)c(-n2c(=O)cc(F)n3c(C)cnc23)cc1C. The lowest BCUT2D eigenvalue weighted by Crippen LogP contribution is -2.23. The smallest absolute Gasteiger partial charge is 0.262 e. The Kier molecular flexibility index (Phi) is 2.90. The van der Waals surface area contributed by atoms with Crippen LogP contribution in [-0.2, 0) is 0 Å². The average Bonchev–Trinajstić information content (AvgIpc) is 2.78. The molecule has 0 amide bonds. The molecule has 2 aromatic heterocycles. The van der Waals surface area contributed by atoms with Gasteiger partial charge in [-0.3, -0.25) is 9.20 Å². The highest BCUT2D eigenvalue weighted by Crippen LogP contribution is 2.20. The zero-order valence-electron chi connectivity index (χ0n) is 11.8. The standard InChI is InChI=1S/C15H13F2N3O/c1-8-4-11(16)12(5-9(8)2)20-14(21)6-13(17)19-10(3)7-18-15(19)20/h4-7H,1-3H3. The lowest BCUT2D eigenvalue weighted by molar-refractivity contribution is 0.551. The molecule has 4 nitrogen and oxygen atoms in total. The summed E-state index contributed by atoms with van der Waals surface area (Å²) in [6.45, 7) is 5.26. The van der Waals surface area contributed by atoms with E-state index in [1.807, 2.05) is 6.92 Å². The Labute approximate surface area is 119 Å². The highest BCUT2D eigenvalue weighted by atomic mass is 19.1. The van der Waals surface area contributed by atoms with Gasteiger partial charge in [-0.1, -0.05) is 0 Å². The van der Waals surface area contributed by atoms with Crippen LogP contribution in [0, 0.1) is 32.5 Å². The van der Waals surface area contributed by atoms with Crippen LogP contribution in [-0.4, -0.2) is 14.0 Å². The molecule has 0 N–H and O–H groups in total. The quantitative estimate of drug-likeness (QED) is 0.646. The first-order valence-corrected chi connectivity index (χ1v) is 6.43. The van der Waals surface area contributed by atoms with Crippen molar-refractivity contribution < 1.29 is 8.78 Å². The van der Waals surface area contributed by atoms with Crippen LogP contribution in [0.3, 0.4) is 0 Å². The average molecular weight is 289 g/mol. The Bertz CT molecular complexity index is 925. The monoisotopic (exact) mass is 289 g/mol. The number of aryl methyl sites for hydroxylation is 3. The van der Waals surface area contributed by atoms with Gasteiger partial charge in [-0.15, -0.1) is 0 Å². The zero-order valence-corrected chi connectivity index (χ0v) is 11.8. The van der Waals surface area contributed by atoms with Gasteiger partial charge in [-0.25, -0.2) is 13.9 Å². The van der Waals surface area contributed by atoms with E-state index in [-0.39, 0.29) is 11.5 Å². The molecule has 0 aliphatic rings. The molecule has 0 radical (unpaired) electrons. The lowest BCUT2D eigenvalue weighted by Gasteiger charge is -2.12. The first kappa shape index (κ1) is 13.5. The van der Waals surface area contributed by atoms with Crippen molar-refractivity contribution in [2.24, 2.45) is 0 Å². The molecule has 0 fully saturated rings. The van der Waals surface area contributed by atoms with Gasteiger partial charge in [0.25, 0.3) is 5.56 Å². The third kappa shape index (κ3) is 1.94. The maximum absolute atomic E-state index is 14.2. The van der Waals surface area contributed by atoms with Crippen LogP contribution in [0.5, 0.6) is 0 Å². The Balaban J connectivity index is 2.46. The Hall–Kier alpha value is -2.50. The van der Waals surface area contributed by atoms with E-state index in [0.717, 1.165) is 21.8 Å². The van der Waals surface area contributed by atoms with E-state index in [2.05, 4.69) is 4.98 Å². The molecule has 0 unspecified atom stereocenters. The van der Waals surface area contributed by atoms with Gasteiger partial charge in [0.2, 0.25) is 11.7 Å². The first-order valence-electron chi connectivity index (χ1n) is 6.43. The van der Waals surface area contributed by atoms with Gasteiger partial charge in [0.15, 0.2) is 0 Å². The first-order chi connectivity index (χ1) is 9.90. The maximum Gasteiger partial charge on any atom is 0.262 e. The minimum absolute atomic E-state index is 0.0552. The predicted octanol–water partition coefficient (Wildman–Crippen LogP) is 2.69. The number of hydrogen-bond acceptors (Lipinski definition) is 2. The minimum Gasteiger partial charge on any atom is -0.269 e. The summed E-state index contributed by atoms with van der Waals surface area (Å²) in [5.41, 5.74) is 1.55. The van der Waals surface area contributed by atoms with Crippen molar-refractivity contribution in [3.63, 3.8) is 0 Å². The molecule has 0 atom stereocenters. The van der Waals surface area contributed by atoms with Crippen molar-refractivity contribution in [2.75, 3.05) is 0 Å².